The van der Waals surface area contributed by atoms with Crippen LogP contribution in [0.5, 0.6) is 57.5 Å². The van der Waals surface area contributed by atoms with Crippen LogP contribution in [0.3, 0.4) is 0 Å². The summed E-state index contributed by atoms with van der Waals surface area (Å²) in [6.07, 6.45) is 0. The molecule has 14 heteroatoms. The van der Waals surface area contributed by atoms with E-state index in [9.17, 15) is 40.9 Å². The summed E-state index contributed by atoms with van der Waals surface area (Å²) in [5, 5.41) is 90.9. The van der Waals surface area contributed by atoms with Crippen molar-refractivity contribution in [2.75, 3.05) is 4.90 Å². The highest BCUT2D eigenvalue weighted by atomic mass is 32.1. The summed E-state index contributed by atoms with van der Waals surface area (Å²) in [4.78, 5) is 12.7. The lowest BCUT2D eigenvalue weighted by molar-refractivity contribution is -0.0997. The third-order valence-corrected chi connectivity index (χ3v) is 11.2. The molecule has 9 aromatic rings. The van der Waals surface area contributed by atoms with Crippen LogP contribution >= 0.6 is 11.3 Å². The van der Waals surface area contributed by atoms with E-state index in [1.807, 2.05) is 42.5 Å². The maximum atomic E-state index is 11.9. The highest BCUT2D eigenvalue weighted by molar-refractivity contribution is 7.25. The standard InChI is InChI=1S/C40H24BNO11S/c41-32-31-30-29-28-24(51-38(29)37(32)50)14-23(46)34(47)39(28)52-53-40(30)36(49)27(35(31)48)15-5-7-16(8-6-15)42(33-21(44)12-18(43)13-22(33)45)17-9-10-26-20(11-17)19-3-1-2-4-25(19)54-26/h1-14,43-50H,41H2. The van der Waals surface area contributed by atoms with Crippen LogP contribution in [0.1, 0.15) is 0 Å². The SMILES string of the molecule is Bc1c(O)c2oc3cc(O)c(O)c4c3c2c2c(c(O)c(-c3ccc(N(c5ccc6sc7ccccc7c6c5)c5c(O)cc(O)cc5O)cc3)c(O)c12)OO4. The molecule has 0 unspecified atom stereocenters. The smallest absolute Gasteiger partial charge is 0.235 e. The summed E-state index contributed by atoms with van der Waals surface area (Å²) in [6.45, 7) is 0. The van der Waals surface area contributed by atoms with Gasteiger partial charge in [0.1, 0.15) is 42.1 Å². The minimum absolute atomic E-state index is 0.00235. The lowest BCUT2D eigenvalue weighted by atomic mass is 9.84. The van der Waals surface area contributed by atoms with Crippen LogP contribution in [-0.2, 0) is 0 Å². The average Bonchev–Trinajstić information content (AvgIpc) is 3.65. The molecule has 10 rings (SSSR count). The predicted octanol–water partition coefficient (Wildman–Crippen LogP) is 7.83. The van der Waals surface area contributed by atoms with E-state index in [2.05, 4.69) is 0 Å². The zero-order valence-corrected chi connectivity index (χ0v) is 28.6. The van der Waals surface area contributed by atoms with E-state index in [-0.39, 0.29) is 83.9 Å². The molecule has 12 nitrogen and oxygen atoms in total. The van der Waals surface area contributed by atoms with Crippen molar-refractivity contribution < 1.29 is 55.0 Å². The van der Waals surface area contributed by atoms with Crippen molar-refractivity contribution in [3.05, 3.63) is 84.9 Å². The molecule has 1 aliphatic rings. The van der Waals surface area contributed by atoms with Gasteiger partial charge in [0.05, 0.1) is 10.9 Å². The molecule has 0 bridgehead atoms. The first-order chi connectivity index (χ1) is 26.0. The van der Waals surface area contributed by atoms with E-state index < -0.39 is 23.0 Å². The van der Waals surface area contributed by atoms with Gasteiger partial charge in [0.2, 0.25) is 17.2 Å². The van der Waals surface area contributed by atoms with Crippen molar-refractivity contribution >= 4 is 94.6 Å². The number of thiophene rings is 1. The van der Waals surface area contributed by atoms with Gasteiger partial charge in [-0.05, 0) is 47.4 Å². The molecular weight excluding hydrogens is 713 g/mol. The molecule has 8 N–H and O–H groups in total. The van der Waals surface area contributed by atoms with Crippen molar-refractivity contribution in [2.45, 2.75) is 0 Å². The maximum Gasteiger partial charge on any atom is 0.235 e. The predicted molar refractivity (Wildman–Crippen MR) is 207 cm³/mol. The second-order valence-electron chi connectivity index (χ2n) is 13.0. The average molecular weight is 738 g/mol. The molecule has 1 aliphatic heterocycles. The second-order valence-corrected chi connectivity index (χ2v) is 14.1. The van der Waals surface area contributed by atoms with Crippen LogP contribution in [0.2, 0.25) is 0 Å². The molecule has 0 saturated heterocycles. The highest BCUT2D eigenvalue weighted by Gasteiger charge is 2.34. The number of aromatic hydroxyl groups is 8. The molecule has 2 aromatic heterocycles. The Bertz CT molecular complexity index is 3100. The quantitative estimate of drug-likeness (QED) is 0.0496. The van der Waals surface area contributed by atoms with Crippen LogP contribution in [-0.4, -0.2) is 48.7 Å². The number of phenolic OH excluding ortho intramolecular Hbond substituents is 8. The topological polar surface area (TPSA) is 197 Å². The van der Waals surface area contributed by atoms with Gasteiger partial charge in [0.25, 0.3) is 0 Å². The minimum Gasteiger partial charge on any atom is -0.508 e. The molecule has 0 amide bonds. The van der Waals surface area contributed by atoms with Gasteiger partial charge in [-0.2, -0.15) is 0 Å². The summed E-state index contributed by atoms with van der Waals surface area (Å²) in [7, 11) is 1.55. The van der Waals surface area contributed by atoms with Gasteiger partial charge in [0.15, 0.2) is 22.8 Å². The number of fused-ring (bicyclic) bond motifs is 3. The first kappa shape index (κ1) is 31.4. The Kier molecular flexibility index (Phi) is 6.31. The van der Waals surface area contributed by atoms with Crippen molar-refractivity contribution in [2.24, 2.45) is 0 Å². The highest BCUT2D eigenvalue weighted by Crippen LogP contribution is 2.58. The fourth-order valence-electron chi connectivity index (χ4n) is 7.58. The first-order valence-electron chi connectivity index (χ1n) is 16.5. The van der Waals surface area contributed by atoms with Gasteiger partial charge in [-0.25, -0.2) is 0 Å². The van der Waals surface area contributed by atoms with Crippen LogP contribution in [0.4, 0.5) is 17.1 Å². The summed E-state index contributed by atoms with van der Waals surface area (Å²) in [5.74, 6) is -4.17. The van der Waals surface area contributed by atoms with E-state index in [1.165, 1.54) is 0 Å². The molecule has 0 atom stereocenters. The summed E-state index contributed by atoms with van der Waals surface area (Å²) < 4.78 is 8.00. The Hall–Kier alpha value is -7.32. The van der Waals surface area contributed by atoms with Crippen molar-refractivity contribution in [3.8, 4) is 68.6 Å². The largest absolute Gasteiger partial charge is 0.508 e. The van der Waals surface area contributed by atoms with Crippen molar-refractivity contribution in [1.29, 1.82) is 0 Å². The Morgan fingerprint density at radius 1 is 0.556 bits per heavy atom. The number of benzene rings is 7. The summed E-state index contributed by atoms with van der Waals surface area (Å²) in [6, 6.07) is 23.6. The summed E-state index contributed by atoms with van der Waals surface area (Å²) in [5.41, 5.74) is 1.44. The molecular formula is C40H24BNO11S. The zero-order valence-electron chi connectivity index (χ0n) is 27.7. The van der Waals surface area contributed by atoms with Gasteiger partial charge in [-0.3, -0.25) is 9.78 Å². The van der Waals surface area contributed by atoms with Gasteiger partial charge in [-0.1, -0.05) is 30.3 Å². The molecule has 7 aromatic carbocycles. The molecule has 0 radical (unpaired) electrons. The molecule has 0 aliphatic carbocycles. The van der Waals surface area contributed by atoms with E-state index in [1.54, 1.807) is 48.3 Å². The van der Waals surface area contributed by atoms with Crippen LogP contribution in [0.15, 0.2) is 89.3 Å². The number of furan rings is 1. The fraction of sp³-hybridized carbons (Fsp3) is 0. The van der Waals surface area contributed by atoms with E-state index in [0.717, 1.165) is 38.4 Å². The van der Waals surface area contributed by atoms with E-state index in [0.29, 0.717) is 16.9 Å². The lowest BCUT2D eigenvalue weighted by Crippen LogP contribution is -2.10. The minimum atomic E-state index is -0.660. The number of rotatable bonds is 4. The van der Waals surface area contributed by atoms with E-state index >= 15 is 0 Å². The lowest BCUT2D eigenvalue weighted by Gasteiger charge is -2.27. The van der Waals surface area contributed by atoms with E-state index in [4.69, 9.17) is 14.2 Å². The van der Waals surface area contributed by atoms with Crippen LogP contribution in [0.25, 0.3) is 64.0 Å². The first-order valence-corrected chi connectivity index (χ1v) is 17.3. The van der Waals surface area contributed by atoms with Crippen LogP contribution in [0, 0.1) is 0 Å². The van der Waals surface area contributed by atoms with Gasteiger partial charge < -0.3 is 50.2 Å². The molecule has 54 heavy (non-hydrogen) atoms. The normalized spacial score (nSPS) is 12.3. The molecule has 0 fully saturated rings. The fourth-order valence-corrected chi connectivity index (χ4v) is 8.66. The maximum absolute atomic E-state index is 11.9. The molecule has 0 spiro atoms. The van der Waals surface area contributed by atoms with Gasteiger partial charge in [-0.15, -0.1) is 11.3 Å². The molecule has 3 heterocycles. The number of phenols is 8. The second kappa shape index (κ2) is 10.9. The van der Waals surface area contributed by atoms with Gasteiger partial charge >= 0.3 is 0 Å². The number of hydrogen-bond acceptors (Lipinski definition) is 13. The Labute approximate surface area is 307 Å². The monoisotopic (exact) mass is 737 g/mol. The number of hydrogen-bond donors (Lipinski definition) is 8. The molecule has 264 valence electrons. The Morgan fingerprint density at radius 2 is 1.22 bits per heavy atom. The number of anilines is 3. The number of nitrogens with zero attached hydrogens (tertiary/aromatic N) is 1. The van der Waals surface area contributed by atoms with Crippen LogP contribution < -0.4 is 20.1 Å². The molecule has 0 saturated carbocycles. The third-order valence-electron chi connectivity index (χ3n) is 10.0. The van der Waals surface area contributed by atoms with Crippen molar-refractivity contribution in [1.82, 2.24) is 0 Å². The Balaban J connectivity index is 1.18. The zero-order chi connectivity index (χ0) is 37.3. The summed E-state index contributed by atoms with van der Waals surface area (Å²) >= 11 is 1.63. The Morgan fingerprint density at radius 3 is 1.96 bits per heavy atom. The van der Waals surface area contributed by atoms with Crippen molar-refractivity contribution in [3.63, 3.8) is 0 Å². The third kappa shape index (κ3) is 4.13. The van der Waals surface area contributed by atoms with Gasteiger partial charge in [0, 0.05) is 65.9 Å².